The van der Waals surface area contributed by atoms with Crippen molar-refractivity contribution in [2.75, 3.05) is 9.80 Å². The van der Waals surface area contributed by atoms with E-state index >= 15 is 0 Å². The van der Waals surface area contributed by atoms with Gasteiger partial charge in [-0.2, -0.15) is 0 Å². The van der Waals surface area contributed by atoms with Crippen LogP contribution in [0.25, 0.3) is 71.7 Å². The van der Waals surface area contributed by atoms with Crippen molar-refractivity contribution in [2.45, 2.75) is 12.5 Å². The first-order valence-corrected chi connectivity index (χ1v) is 21.1. The van der Waals surface area contributed by atoms with Gasteiger partial charge in [0, 0.05) is 50.6 Å². The number of fused-ring (bicyclic) bond motifs is 7. The van der Waals surface area contributed by atoms with Crippen molar-refractivity contribution < 1.29 is 4.42 Å². The van der Waals surface area contributed by atoms with Crippen LogP contribution in [0.3, 0.4) is 0 Å². The van der Waals surface area contributed by atoms with E-state index in [1.165, 1.54) is 61.0 Å². The monoisotopic (exact) mass is 780 g/mol. The highest BCUT2D eigenvalue weighted by Crippen LogP contribution is 2.56. The van der Waals surface area contributed by atoms with Crippen molar-refractivity contribution in [3.63, 3.8) is 0 Å². The quantitative estimate of drug-likeness (QED) is 0.161. The number of benzene rings is 9. The fourth-order valence-corrected chi connectivity index (χ4v) is 9.77. The molecular weight excluding hydrogens is 741 g/mol. The molecule has 0 bridgehead atoms. The molecule has 61 heavy (non-hydrogen) atoms. The summed E-state index contributed by atoms with van der Waals surface area (Å²) in [5.74, 6) is 0. The van der Waals surface area contributed by atoms with Crippen molar-refractivity contribution in [2.24, 2.45) is 0 Å². The van der Waals surface area contributed by atoms with E-state index in [9.17, 15) is 0 Å². The maximum atomic E-state index is 6.75. The minimum atomic E-state index is 0.0619. The van der Waals surface area contributed by atoms with Crippen molar-refractivity contribution in [3.8, 4) is 33.4 Å². The standard InChI is InChI=1S/C58H40N2O/c1-4-16-39(17-5-1)41-28-31-45(32-29-41)59(51-26-14-12-24-48(51)42-19-6-2-7-20-42)47-34-35-52-50(37-47)57-53(60(52)46-33-30-40-18-10-11-23-44(40)36-46)38-55-58(49-25-13-15-27-54(49)61-55)56(57)43-21-8-3-9-22-43/h1-34,36-38,52H,35H2. The largest absolute Gasteiger partial charge is 0.456 e. The number of furan rings is 1. The summed E-state index contributed by atoms with van der Waals surface area (Å²) in [7, 11) is 0. The minimum Gasteiger partial charge on any atom is -0.456 e. The number of hydrogen-bond acceptors (Lipinski definition) is 3. The normalized spacial score (nSPS) is 14.5. The van der Waals surface area contributed by atoms with Crippen molar-refractivity contribution in [3.05, 3.63) is 236 Å². The molecule has 0 spiro atoms. The lowest BCUT2D eigenvalue weighted by atomic mass is 9.86. The van der Waals surface area contributed by atoms with Gasteiger partial charge in [-0.25, -0.2) is 0 Å². The van der Waals surface area contributed by atoms with Crippen LogP contribution in [0.2, 0.25) is 0 Å². The minimum absolute atomic E-state index is 0.0619. The fourth-order valence-electron chi connectivity index (χ4n) is 9.77. The SMILES string of the molecule is C1=C2c3c(cc4oc5ccccc5c4c3-c3ccccc3)N(c3ccc4ccccc4c3)C2CC=C1N(c1ccc(-c2ccccc2)cc1)c1ccccc1-c1ccccc1. The van der Waals surface area contributed by atoms with Gasteiger partial charge in [0.05, 0.1) is 17.4 Å². The van der Waals surface area contributed by atoms with Crippen LogP contribution < -0.4 is 9.80 Å². The molecule has 3 nitrogen and oxygen atoms in total. The Kier molecular flexibility index (Phi) is 8.31. The molecule has 288 valence electrons. The second-order valence-corrected chi connectivity index (χ2v) is 16.0. The summed E-state index contributed by atoms with van der Waals surface area (Å²) in [5.41, 5.74) is 17.2. The molecule has 0 amide bonds. The Morgan fingerprint density at radius 3 is 1.92 bits per heavy atom. The Labute approximate surface area is 355 Å². The van der Waals surface area contributed by atoms with Gasteiger partial charge < -0.3 is 14.2 Å². The Balaban J connectivity index is 1.11. The van der Waals surface area contributed by atoms with E-state index < -0.39 is 0 Å². The summed E-state index contributed by atoms with van der Waals surface area (Å²) in [6, 6.07) is 76.5. The highest BCUT2D eigenvalue weighted by molar-refractivity contribution is 6.19. The Morgan fingerprint density at radius 2 is 1.13 bits per heavy atom. The Bertz CT molecular complexity index is 3330. The zero-order chi connectivity index (χ0) is 40.3. The van der Waals surface area contributed by atoms with Gasteiger partial charge in [0.2, 0.25) is 0 Å². The third kappa shape index (κ3) is 5.89. The number of allylic oxidation sites excluding steroid dienone is 1. The number of rotatable bonds is 7. The molecule has 1 aromatic heterocycles. The van der Waals surface area contributed by atoms with Crippen molar-refractivity contribution >= 4 is 61.0 Å². The second-order valence-electron chi connectivity index (χ2n) is 16.0. The average Bonchev–Trinajstić information content (AvgIpc) is 3.87. The molecule has 0 fully saturated rings. The first-order valence-electron chi connectivity index (χ1n) is 21.1. The number of para-hydroxylation sites is 2. The fraction of sp³-hybridized carbons (Fsp3) is 0.0345. The van der Waals surface area contributed by atoms with Crippen LogP contribution in [0.1, 0.15) is 12.0 Å². The molecule has 3 heteroatoms. The van der Waals surface area contributed by atoms with E-state index in [0.717, 1.165) is 51.1 Å². The predicted octanol–water partition coefficient (Wildman–Crippen LogP) is 15.8. The molecule has 0 saturated heterocycles. The van der Waals surface area contributed by atoms with Gasteiger partial charge in [-0.15, -0.1) is 0 Å². The van der Waals surface area contributed by atoms with Crippen molar-refractivity contribution in [1.82, 2.24) is 0 Å². The van der Waals surface area contributed by atoms with E-state index in [2.05, 4.69) is 234 Å². The van der Waals surface area contributed by atoms with Crippen LogP contribution in [0.4, 0.5) is 22.7 Å². The summed E-state index contributed by atoms with van der Waals surface area (Å²) >= 11 is 0. The highest BCUT2D eigenvalue weighted by atomic mass is 16.3. The van der Waals surface area contributed by atoms with Crippen LogP contribution in [0, 0.1) is 0 Å². The van der Waals surface area contributed by atoms with Crippen LogP contribution >= 0.6 is 0 Å². The van der Waals surface area contributed by atoms with E-state index in [1.807, 2.05) is 0 Å². The van der Waals surface area contributed by atoms with Gasteiger partial charge in [-0.1, -0.05) is 176 Å². The van der Waals surface area contributed by atoms with Crippen LogP contribution in [-0.4, -0.2) is 6.04 Å². The van der Waals surface area contributed by atoms with Gasteiger partial charge in [0.15, 0.2) is 0 Å². The van der Waals surface area contributed by atoms with E-state index in [4.69, 9.17) is 4.42 Å². The predicted molar refractivity (Wildman–Crippen MR) is 256 cm³/mol. The number of hydrogen-bond donors (Lipinski definition) is 0. The van der Waals surface area contributed by atoms with E-state index in [1.54, 1.807) is 0 Å². The van der Waals surface area contributed by atoms with Gasteiger partial charge in [0.25, 0.3) is 0 Å². The molecule has 9 aromatic carbocycles. The zero-order valence-electron chi connectivity index (χ0n) is 33.4. The van der Waals surface area contributed by atoms with E-state index in [-0.39, 0.29) is 6.04 Å². The molecular formula is C58H40N2O. The number of nitrogens with zero attached hydrogens (tertiary/aromatic N) is 2. The third-order valence-electron chi connectivity index (χ3n) is 12.5. The molecule has 2 heterocycles. The average molecular weight is 781 g/mol. The van der Waals surface area contributed by atoms with Gasteiger partial charge >= 0.3 is 0 Å². The maximum Gasteiger partial charge on any atom is 0.138 e. The molecule has 1 unspecified atom stereocenters. The van der Waals surface area contributed by atoms with Gasteiger partial charge in [-0.05, 0) is 87.5 Å². The topological polar surface area (TPSA) is 19.6 Å². The molecule has 12 rings (SSSR count). The Hall–Kier alpha value is -7.88. The lowest BCUT2D eigenvalue weighted by molar-refractivity contribution is 0.669. The molecule has 1 atom stereocenters. The first-order chi connectivity index (χ1) is 30.3. The lowest BCUT2D eigenvalue weighted by Crippen LogP contribution is -2.29. The lowest BCUT2D eigenvalue weighted by Gasteiger charge is -2.34. The Morgan fingerprint density at radius 1 is 0.492 bits per heavy atom. The van der Waals surface area contributed by atoms with Crippen LogP contribution in [-0.2, 0) is 0 Å². The van der Waals surface area contributed by atoms with Gasteiger partial charge in [0.1, 0.15) is 11.2 Å². The second kappa shape index (κ2) is 14.4. The van der Waals surface area contributed by atoms with Crippen LogP contribution in [0.5, 0.6) is 0 Å². The maximum absolute atomic E-state index is 6.75. The summed E-state index contributed by atoms with van der Waals surface area (Å²) in [4.78, 5) is 5.03. The summed E-state index contributed by atoms with van der Waals surface area (Å²) in [6.07, 6.45) is 5.73. The molecule has 0 radical (unpaired) electrons. The first kappa shape index (κ1) is 35.1. The molecule has 1 aliphatic heterocycles. The molecule has 10 aromatic rings. The number of anilines is 4. The summed E-state index contributed by atoms with van der Waals surface area (Å²) in [5, 5.41) is 4.74. The molecule has 2 aliphatic rings. The summed E-state index contributed by atoms with van der Waals surface area (Å²) < 4.78 is 6.75. The molecule has 0 saturated carbocycles. The van der Waals surface area contributed by atoms with Crippen molar-refractivity contribution in [1.29, 1.82) is 0 Å². The highest BCUT2D eigenvalue weighted by Gasteiger charge is 2.40. The summed E-state index contributed by atoms with van der Waals surface area (Å²) in [6.45, 7) is 0. The molecule has 1 aliphatic carbocycles. The third-order valence-corrected chi connectivity index (χ3v) is 12.5. The van der Waals surface area contributed by atoms with Gasteiger partial charge in [-0.3, -0.25) is 0 Å². The smallest absolute Gasteiger partial charge is 0.138 e. The van der Waals surface area contributed by atoms with Crippen LogP contribution in [0.15, 0.2) is 235 Å². The molecule has 0 N–H and O–H groups in total. The van der Waals surface area contributed by atoms with E-state index in [0.29, 0.717) is 0 Å². The zero-order valence-corrected chi connectivity index (χ0v) is 33.4.